The number of fused-ring (bicyclic) bond motifs is 3. The summed E-state index contributed by atoms with van der Waals surface area (Å²) in [6.45, 7) is 0. The first-order chi connectivity index (χ1) is 16.1. The van der Waals surface area contributed by atoms with Crippen LogP contribution in [0, 0.1) is 0 Å². The van der Waals surface area contributed by atoms with Crippen molar-refractivity contribution >= 4 is 11.6 Å². The third-order valence-corrected chi connectivity index (χ3v) is 6.00. The molecule has 9 heteroatoms. The fourth-order valence-electron chi connectivity index (χ4n) is 4.34. The van der Waals surface area contributed by atoms with Gasteiger partial charge in [0.1, 0.15) is 6.10 Å². The van der Waals surface area contributed by atoms with E-state index in [-0.39, 0.29) is 6.10 Å². The normalized spacial score (nSPS) is 17.2. The fraction of sp³-hybridized carbons (Fsp3) is 0.250. The van der Waals surface area contributed by atoms with Gasteiger partial charge in [0.25, 0.3) is 0 Å². The van der Waals surface area contributed by atoms with E-state index in [9.17, 15) is 4.79 Å². The molecule has 0 radical (unpaired) electrons. The average molecular weight is 468 g/mol. The topological polar surface area (TPSA) is 91.5 Å². The Morgan fingerprint density at radius 1 is 1.12 bits per heavy atom. The Kier molecular flexibility index (Phi) is 5.70. The fourth-order valence-corrected chi connectivity index (χ4v) is 4.52. The molecule has 2 atom stereocenters. The van der Waals surface area contributed by atoms with E-state index in [1.165, 1.54) is 0 Å². The zero-order valence-corrected chi connectivity index (χ0v) is 18.8. The predicted molar refractivity (Wildman–Crippen MR) is 121 cm³/mol. The number of aromatic nitrogens is 3. The van der Waals surface area contributed by atoms with Gasteiger partial charge in [0.15, 0.2) is 11.5 Å². The van der Waals surface area contributed by atoms with Gasteiger partial charge in [0.05, 0.1) is 31.7 Å². The van der Waals surface area contributed by atoms with Gasteiger partial charge in [0.2, 0.25) is 5.89 Å². The Hall–Kier alpha value is -3.49. The number of benzene rings is 2. The van der Waals surface area contributed by atoms with Gasteiger partial charge in [-0.2, -0.15) is 0 Å². The van der Waals surface area contributed by atoms with Crippen LogP contribution in [0.4, 0.5) is 0 Å². The number of aryl methyl sites for hydroxylation is 1. The number of hydrogen-bond donors (Lipinski definition) is 1. The second kappa shape index (κ2) is 8.80. The number of methoxy groups -OCH3 is 2. The molecule has 0 unspecified atom stereocenters. The Labute approximate surface area is 194 Å². The molecule has 0 saturated carbocycles. The Bertz CT molecular complexity index is 1340. The molecule has 8 nitrogen and oxygen atoms in total. The highest BCUT2D eigenvalue weighted by Crippen LogP contribution is 2.46. The summed E-state index contributed by atoms with van der Waals surface area (Å²) in [4.78, 5) is 11.3. The number of hydrogen-bond acceptors (Lipinski definition) is 6. The standard InChI is InChI=1S/C24H22ClN3O5/c1-30-20-7-3-5-15(23(20)31-2)22-16-13-14(25)8-9-17(16)28-12-4-6-18(28)19(32-22)10-11-21-26-27-24(29)33-21/h3-9,12-13,19,22H,10-11H2,1-2H3,(H,27,29)/t19-,22-/m1/s1. The smallest absolute Gasteiger partial charge is 0.434 e. The zero-order valence-electron chi connectivity index (χ0n) is 18.1. The number of nitrogens with zero attached hydrogens (tertiary/aromatic N) is 2. The number of ether oxygens (including phenoxy) is 3. The maximum atomic E-state index is 11.3. The summed E-state index contributed by atoms with van der Waals surface area (Å²) in [7, 11) is 3.21. The molecule has 1 N–H and O–H groups in total. The van der Waals surface area contributed by atoms with Crippen LogP contribution >= 0.6 is 11.6 Å². The summed E-state index contributed by atoms with van der Waals surface area (Å²) in [5, 5.41) is 6.83. The summed E-state index contributed by atoms with van der Waals surface area (Å²) >= 11 is 6.42. The molecule has 4 aromatic rings. The summed E-state index contributed by atoms with van der Waals surface area (Å²) in [6, 6.07) is 15.5. The van der Waals surface area contributed by atoms with E-state index in [1.807, 2.05) is 54.7 Å². The first-order valence-corrected chi connectivity index (χ1v) is 10.8. The Morgan fingerprint density at radius 3 is 2.76 bits per heavy atom. The van der Waals surface area contributed by atoms with Crippen LogP contribution in [0.1, 0.15) is 41.3 Å². The van der Waals surface area contributed by atoms with Crippen LogP contribution in [0.3, 0.4) is 0 Å². The van der Waals surface area contributed by atoms with Gasteiger partial charge in [-0.3, -0.25) is 0 Å². The number of H-pyrrole nitrogens is 1. The van der Waals surface area contributed by atoms with Crippen LogP contribution < -0.4 is 15.2 Å². The van der Waals surface area contributed by atoms with E-state index in [2.05, 4.69) is 14.8 Å². The molecule has 0 saturated heterocycles. The molecule has 0 aliphatic carbocycles. The highest BCUT2D eigenvalue weighted by Gasteiger charge is 2.33. The maximum Gasteiger partial charge on any atom is 0.434 e. The van der Waals surface area contributed by atoms with Crippen molar-refractivity contribution in [2.45, 2.75) is 25.0 Å². The highest BCUT2D eigenvalue weighted by atomic mass is 35.5. The van der Waals surface area contributed by atoms with Crippen molar-refractivity contribution in [2.24, 2.45) is 0 Å². The monoisotopic (exact) mass is 467 g/mol. The van der Waals surface area contributed by atoms with E-state index < -0.39 is 11.9 Å². The predicted octanol–water partition coefficient (Wildman–Crippen LogP) is 4.62. The third kappa shape index (κ3) is 3.92. The molecular weight excluding hydrogens is 446 g/mol. The summed E-state index contributed by atoms with van der Waals surface area (Å²) < 4.78 is 25.2. The van der Waals surface area contributed by atoms with Crippen molar-refractivity contribution in [3.63, 3.8) is 0 Å². The maximum absolute atomic E-state index is 11.3. The Morgan fingerprint density at radius 2 is 2.00 bits per heavy atom. The first-order valence-electron chi connectivity index (χ1n) is 10.5. The lowest BCUT2D eigenvalue weighted by atomic mass is 9.98. The molecule has 1 aliphatic rings. The molecule has 0 amide bonds. The third-order valence-electron chi connectivity index (χ3n) is 5.76. The van der Waals surface area contributed by atoms with Crippen LogP contribution in [-0.4, -0.2) is 29.0 Å². The van der Waals surface area contributed by atoms with E-state index in [0.717, 1.165) is 22.5 Å². The minimum atomic E-state index is -0.573. The van der Waals surface area contributed by atoms with E-state index in [1.54, 1.807) is 14.2 Å². The van der Waals surface area contributed by atoms with Crippen LogP contribution in [0.15, 0.2) is 63.9 Å². The first kappa shape index (κ1) is 21.4. The molecular formula is C24H22ClN3O5. The number of aromatic amines is 1. The van der Waals surface area contributed by atoms with Crippen LogP contribution in [0.2, 0.25) is 5.02 Å². The molecule has 0 fully saturated rings. The molecule has 1 aliphatic heterocycles. The lowest BCUT2D eigenvalue weighted by Gasteiger charge is -2.25. The van der Waals surface area contributed by atoms with Gasteiger partial charge in [-0.15, -0.1) is 5.10 Å². The molecule has 33 heavy (non-hydrogen) atoms. The van der Waals surface area contributed by atoms with Crippen LogP contribution in [0.5, 0.6) is 11.5 Å². The minimum absolute atomic E-state index is 0.325. The number of halogens is 1. The van der Waals surface area contributed by atoms with Crippen molar-refractivity contribution in [3.8, 4) is 17.2 Å². The Balaban J connectivity index is 1.63. The highest BCUT2D eigenvalue weighted by molar-refractivity contribution is 6.30. The van der Waals surface area contributed by atoms with Crippen LogP contribution in [-0.2, 0) is 11.2 Å². The van der Waals surface area contributed by atoms with Gasteiger partial charge < -0.3 is 23.2 Å². The summed E-state index contributed by atoms with van der Waals surface area (Å²) in [5.74, 6) is 0.971. The van der Waals surface area contributed by atoms with Crippen molar-refractivity contribution in [1.29, 1.82) is 0 Å². The van der Waals surface area contributed by atoms with E-state index >= 15 is 0 Å². The zero-order chi connectivity index (χ0) is 22.9. The lowest BCUT2D eigenvalue weighted by molar-refractivity contribution is 0.000455. The van der Waals surface area contributed by atoms with Crippen molar-refractivity contribution in [2.75, 3.05) is 14.2 Å². The van der Waals surface area contributed by atoms with Crippen molar-refractivity contribution in [1.82, 2.24) is 14.8 Å². The quantitative estimate of drug-likeness (QED) is 0.445. The van der Waals surface area contributed by atoms with Gasteiger partial charge >= 0.3 is 5.76 Å². The summed E-state index contributed by atoms with van der Waals surface area (Å²) in [6.07, 6.45) is 2.16. The number of nitrogens with one attached hydrogen (secondary N) is 1. The second-order valence-corrected chi connectivity index (χ2v) is 8.08. The molecule has 0 spiro atoms. The molecule has 0 bridgehead atoms. The van der Waals surface area contributed by atoms with Crippen molar-refractivity contribution < 1.29 is 18.6 Å². The number of rotatable bonds is 6. The lowest BCUT2D eigenvalue weighted by Crippen LogP contribution is -2.13. The van der Waals surface area contributed by atoms with Crippen LogP contribution in [0.25, 0.3) is 5.69 Å². The summed E-state index contributed by atoms with van der Waals surface area (Å²) in [5.41, 5.74) is 3.66. The largest absolute Gasteiger partial charge is 0.493 e. The molecule has 3 heterocycles. The molecule has 170 valence electrons. The molecule has 2 aromatic carbocycles. The van der Waals surface area contributed by atoms with Gasteiger partial charge in [-0.25, -0.2) is 9.89 Å². The minimum Gasteiger partial charge on any atom is -0.493 e. The van der Waals surface area contributed by atoms with Gasteiger partial charge in [0, 0.05) is 28.8 Å². The SMILES string of the molecule is COc1cccc([C@H]2O[C@H](CCc3n[nH]c(=O)o3)c3cccn3-c3ccc(Cl)cc32)c1OC. The second-order valence-electron chi connectivity index (χ2n) is 7.64. The van der Waals surface area contributed by atoms with E-state index in [4.69, 9.17) is 30.2 Å². The molecule has 2 aromatic heterocycles. The van der Waals surface area contributed by atoms with Gasteiger partial charge in [-0.1, -0.05) is 23.7 Å². The van der Waals surface area contributed by atoms with Crippen molar-refractivity contribution in [3.05, 3.63) is 93.0 Å². The average Bonchev–Trinajstić information content (AvgIpc) is 3.45. The number of para-hydroxylation sites is 1. The van der Waals surface area contributed by atoms with Gasteiger partial charge in [-0.05, 0) is 42.8 Å². The molecule has 5 rings (SSSR count). The van der Waals surface area contributed by atoms with E-state index in [0.29, 0.717) is 35.3 Å².